The normalized spacial score (nSPS) is 29.2. The number of hydrogen-bond donors (Lipinski definition) is 1. The van der Waals surface area contributed by atoms with Gasteiger partial charge in [-0.2, -0.15) is 0 Å². The van der Waals surface area contributed by atoms with E-state index in [4.69, 9.17) is 0 Å². The number of nitrogens with zero attached hydrogens (tertiary/aromatic N) is 3. The monoisotopic (exact) mass is 406 g/mol. The van der Waals surface area contributed by atoms with Crippen molar-refractivity contribution in [3.63, 3.8) is 0 Å². The van der Waals surface area contributed by atoms with Crippen LogP contribution in [-0.4, -0.2) is 55.1 Å². The summed E-state index contributed by atoms with van der Waals surface area (Å²) in [6.07, 6.45) is 7.71. The van der Waals surface area contributed by atoms with Crippen LogP contribution in [0.5, 0.6) is 0 Å². The molecule has 8 heteroatoms. The lowest BCUT2D eigenvalue weighted by molar-refractivity contribution is -0.145. The molecule has 2 aliphatic heterocycles. The van der Waals surface area contributed by atoms with E-state index in [1.807, 2.05) is 11.6 Å². The highest BCUT2D eigenvalue weighted by atomic mass is 35.5. The fraction of sp³-hybridized carbons (Fsp3) is 0.765. The first-order valence-corrected chi connectivity index (χ1v) is 9.82. The van der Waals surface area contributed by atoms with E-state index in [-0.39, 0.29) is 30.2 Å². The fourth-order valence-electron chi connectivity index (χ4n) is 4.67. The smallest absolute Gasteiger partial charge is 0.230 e. The van der Waals surface area contributed by atoms with Crippen LogP contribution in [0.2, 0.25) is 0 Å². The van der Waals surface area contributed by atoms with E-state index in [1.54, 1.807) is 11.3 Å². The van der Waals surface area contributed by atoms with Gasteiger partial charge in [0.05, 0.1) is 5.41 Å². The highest BCUT2D eigenvalue weighted by Crippen LogP contribution is 2.45. The molecule has 25 heavy (non-hydrogen) atoms. The second-order valence-corrected chi connectivity index (χ2v) is 8.05. The Bertz CT molecular complexity index is 559. The van der Waals surface area contributed by atoms with E-state index in [1.165, 1.54) is 19.3 Å². The second-order valence-electron chi connectivity index (χ2n) is 7.18. The molecule has 0 bridgehead atoms. The lowest BCUT2D eigenvalue weighted by Gasteiger charge is -2.40. The molecule has 1 aromatic heterocycles. The first-order valence-electron chi connectivity index (χ1n) is 8.94. The Labute approximate surface area is 166 Å². The van der Waals surface area contributed by atoms with Crippen LogP contribution in [0, 0.1) is 11.3 Å². The van der Waals surface area contributed by atoms with Crippen molar-refractivity contribution in [3.05, 3.63) is 11.6 Å². The number of amides is 1. The topological polar surface area (TPSA) is 48.5 Å². The standard InChI is InChI=1S/C17H26N4OS.2ClH/c22-15(17-5-2-1-4-14(17)12-18-13-17)20-7-3-8-21(10-9-20)16-19-6-11-23-16;;/h6,11,14,18H,1-5,7-10,12-13H2;2*1H/t14-,17+;;/m0../s1. The molecule has 2 atom stereocenters. The molecule has 3 fully saturated rings. The Hall–Kier alpha value is -0.560. The molecule has 0 spiro atoms. The van der Waals surface area contributed by atoms with E-state index in [2.05, 4.69) is 20.1 Å². The second kappa shape index (κ2) is 8.89. The van der Waals surface area contributed by atoms with Crippen LogP contribution in [0.1, 0.15) is 32.1 Å². The number of fused-ring (bicyclic) bond motifs is 1. The number of thiazole rings is 1. The molecule has 1 N–H and O–H groups in total. The number of carbonyl (C=O) groups is 1. The van der Waals surface area contributed by atoms with Crippen LogP contribution in [0.15, 0.2) is 11.6 Å². The van der Waals surface area contributed by atoms with Crippen molar-refractivity contribution in [2.24, 2.45) is 11.3 Å². The molecule has 1 saturated carbocycles. The minimum atomic E-state index is -0.103. The van der Waals surface area contributed by atoms with Gasteiger partial charge in [0.1, 0.15) is 0 Å². The van der Waals surface area contributed by atoms with E-state index in [9.17, 15) is 4.79 Å². The predicted octanol–water partition coefficient (Wildman–Crippen LogP) is 2.81. The van der Waals surface area contributed by atoms with Gasteiger partial charge >= 0.3 is 0 Å². The lowest BCUT2D eigenvalue weighted by atomic mass is 9.67. The van der Waals surface area contributed by atoms with Crippen LogP contribution < -0.4 is 10.2 Å². The van der Waals surface area contributed by atoms with Gasteiger partial charge in [-0.1, -0.05) is 12.8 Å². The molecule has 1 aliphatic carbocycles. The number of carbonyl (C=O) groups excluding carboxylic acids is 1. The number of rotatable bonds is 2. The van der Waals surface area contributed by atoms with Gasteiger partial charge in [-0.25, -0.2) is 4.98 Å². The van der Waals surface area contributed by atoms with E-state index in [0.29, 0.717) is 11.8 Å². The Kier molecular flexibility index (Phi) is 7.38. The SMILES string of the molecule is Cl.Cl.O=C(N1CCCN(c2nccs2)CC1)[C@@]12CCCC[C@H]1CNC2. The minimum Gasteiger partial charge on any atom is -0.346 e. The Balaban J connectivity index is 0.00000113. The average molecular weight is 407 g/mol. The third kappa shape index (κ3) is 3.92. The Morgan fingerprint density at radius 2 is 2.08 bits per heavy atom. The quantitative estimate of drug-likeness (QED) is 0.819. The fourth-order valence-corrected chi connectivity index (χ4v) is 5.36. The molecule has 0 aromatic carbocycles. The van der Waals surface area contributed by atoms with Gasteiger partial charge in [-0.3, -0.25) is 4.79 Å². The van der Waals surface area contributed by atoms with Crippen LogP contribution >= 0.6 is 36.2 Å². The molecule has 1 amide bonds. The molecule has 5 nitrogen and oxygen atoms in total. The molecule has 0 unspecified atom stereocenters. The number of halogens is 2. The third-order valence-electron chi connectivity index (χ3n) is 5.94. The molecule has 4 rings (SSSR count). The first-order chi connectivity index (χ1) is 11.3. The Morgan fingerprint density at radius 3 is 2.88 bits per heavy atom. The maximum Gasteiger partial charge on any atom is 0.230 e. The molecule has 1 aromatic rings. The van der Waals surface area contributed by atoms with Gasteiger partial charge in [0.25, 0.3) is 0 Å². The van der Waals surface area contributed by atoms with Crippen LogP contribution in [0.4, 0.5) is 5.13 Å². The summed E-state index contributed by atoms with van der Waals surface area (Å²) in [7, 11) is 0. The largest absolute Gasteiger partial charge is 0.346 e. The summed E-state index contributed by atoms with van der Waals surface area (Å²) >= 11 is 1.69. The van der Waals surface area contributed by atoms with Crippen LogP contribution in [0.3, 0.4) is 0 Å². The van der Waals surface area contributed by atoms with E-state index >= 15 is 0 Å². The predicted molar refractivity (Wildman–Crippen MR) is 107 cm³/mol. The number of hydrogen-bond acceptors (Lipinski definition) is 5. The van der Waals surface area contributed by atoms with Crippen molar-refractivity contribution >= 4 is 47.2 Å². The van der Waals surface area contributed by atoms with E-state index in [0.717, 1.165) is 57.2 Å². The van der Waals surface area contributed by atoms with Gasteiger partial charge < -0.3 is 15.1 Å². The van der Waals surface area contributed by atoms with E-state index < -0.39 is 0 Å². The number of anilines is 1. The van der Waals surface area contributed by atoms with Crippen molar-refractivity contribution in [1.29, 1.82) is 0 Å². The Morgan fingerprint density at radius 1 is 1.20 bits per heavy atom. The number of aromatic nitrogens is 1. The van der Waals surface area contributed by atoms with Gasteiger partial charge in [0, 0.05) is 44.3 Å². The maximum atomic E-state index is 13.4. The first kappa shape index (κ1) is 20.7. The van der Waals surface area contributed by atoms with Crippen LogP contribution in [0.25, 0.3) is 0 Å². The summed E-state index contributed by atoms with van der Waals surface area (Å²) in [5, 5.41) is 6.63. The molecular weight excluding hydrogens is 379 g/mol. The van der Waals surface area contributed by atoms with Crippen LogP contribution in [-0.2, 0) is 4.79 Å². The molecule has 142 valence electrons. The van der Waals surface area contributed by atoms with Gasteiger partial charge in [0.2, 0.25) is 5.91 Å². The molecule has 3 heterocycles. The summed E-state index contributed by atoms with van der Waals surface area (Å²) in [5.41, 5.74) is -0.103. The average Bonchev–Trinajstić information content (AvgIpc) is 3.20. The van der Waals surface area contributed by atoms with Gasteiger partial charge in [-0.15, -0.1) is 36.2 Å². The zero-order valence-corrected chi connectivity index (χ0v) is 16.9. The summed E-state index contributed by atoms with van der Waals surface area (Å²) in [6, 6.07) is 0. The molecule has 3 aliphatic rings. The van der Waals surface area contributed by atoms with Crippen molar-refractivity contribution in [1.82, 2.24) is 15.2 Å². The van der Waals surface area contributed by atoms with Crippen molar-refractivity contribution in [2.45, 2.75) is 32.1 Å². The lowest BCUT2D eigenvalue weighted by Crippen LogP contribution is -2.50. The van der Waals surface area contributed by atoms with Gasteiger partial charge in [0.15, 0.2) is 5.13 Å². The highest BCUT2D eigenvalue weighted by Gasteiger charge is 2.51. The van der Waals surface area contributed by atoms with Crippen molar-refractivity contribution in [2.75, 3.05) is 44.2 Å². The third-order valence-corrected chi connectivity index (χ3v) is 6.77. The zero-order valence-electron chi connectivity index (χ0n) is 14.5. The number of nitrogens with one attached hydrogen (secondary N) is 1. The van der Waals surface area contributed by atoms with Gasteiger partial charge in [-0.05, 0) is 31.7 Å². The molecule has 2 saturated heterocycles. The zero-order chi connectivity index (χ0) is 15.7. The summed E-state index contributed by atoms with van der Waals surface area (Å²) in [4.78, 5) is 22.3. The van der Waals surface area contributed by atoms with Crippen molar-refractivity contribution in [3.8, 4) is 0 Å². The minimum absolute atomic E-state index is 0. The summed E-state index contributed by atoms with van der Waals surface area (Å²) in [6.45, 7) is 5.58. The highest BCUT2D eigenvalue weighted by molar-refractivity contribution is 7.13. The summed E-state index contributed by atoms with van der Waals surface area (Å²) < 4.78 is 0. The molecular formula is C17H28Cl2N4OS. The molecule has 0 radical (unpaired) electrons. The summed E-state index contributed by atoms with van der Waals surface area (Å²) in [5.74, 6) is 0.982. The maximum absolute atomic E-state index is 13.4. The van der Waals surface area contributed by atoms with Crippen molar-refractivity contribution < 1.29 is 4.79 Å².